The molecule has 8 nitrogen and oxygen atoms in total. The van der Waals surface area contributed by atoms with Gasteiger partial charge >= 0.3 is 11.9 Å². The Balaban J connectivity index is 1.53. The molecule has 48 heavy (non-hydrogen) atoms. The van der Waals surface area contributed by atoms with Crippen LogP contribution in [0, 0.1) is 5.82 Å². The van der Waals surface area contributed by atoms with Crippen LogP contribution in [0.2, 0.25) is 0 Å². The van der Waals surface area contributed by atoms with E-state index in [9.17, 15) is 18.8 Å². The normalized spacial score (nSPS) is 20.0. The summed E-state index contributed by atoms with van der Waals surface area (Å²) >= 11 is 1.29. The van der Waals surface area contributed by atoms with Crippen molar-refractivity contribution < 1.29 is 37.7 Å². The third-order valence-corrected chi connectivity index (χ3v) is 9.12. The quantitative estimate of drug-likeness (QED) is 0.173. The molecule has 4 aromatic rings. The molecule has 1 heterocycles. The number of methoxy groups -OCH3 is 1. The van der Waals surface area contributed by atoms with Gasteiger partial charge in [-0.15, -0.1) is 0 Å². The van der Waals surface area contributed by atoms with Crippen molar-refractivity contribution in [1.29, 1.82) is 0 Å². The number of halogens is 1. The van der Waals surface area contributed by atoms with Crippen LogP contribution in [0.25, 0.3) is 11.1 Å². The maximum atomic E-state index is 14.4. The number of carbonyl (C=O) groups is 3. The number of esters is 2. The van der Waals surface area contributed by atoms with Crippen LogP contribution in [-0.2, 0) is 30.2 Å². The second-order valence-electron chi connectivity index (χ2n) is 11.9. The maximum absolute atomic E-state index is 14.4. The van der Waals surface area contributed by atoms with Gasteiger partial charge in [0.1, 0.15) is 17.4 Å². The Bertz CT molecular complexity index is 1730. The molecule has 0 aliphatic carbocycles. The zero-order valence-corrected chi connectivity index (χ0v) is 28.0. The molecule has 4 atom stereocenters. The minimum absolute atomic E-state index is 0.139. The first-order valence-electron chi connectivity index (χ1n) is 15.6. The second kappa shape index (κ2) is 15.6. The van der Waals surface area contributed by atoms with Gasteiger partial charge in [-0.2, -0.15) is 0 Å². The summed E-state index contributed by atoms with van der Waals surface area (Å²) in [6, 6.07) is 29.1. The van der Waals surface area contributed by atoms with Crippen molar-refractivity contribution in [2.75, 3.05) is 13.7 Å². The highest BCUT2D eigenvalue weighted by molar-refractivity contribution is 7.99. The summed E-state index contributed by atoms with van der Waals surface area (Å²) in [4.78, 5) is 39.2. The van der Waals surface area contributed by atoms with E-state index < -0.39 is 41.3 Å². The van der Waals surface area contributed by atoms with Gasteiger partial charge in [0.05, 0.1) is 16.7 Å². The average molecular weight is 672 g/mol. The minimum Gasteiger partial charge on any atom is -0.452 e. The first-order chi connectivity index (χ1) is 23.1. The zero-order valence-electron chi connectivity index (χ0n) is 27.2. The number of benzene rings is 4. The molecular formula is C38H38FNO7S. The molecule has 1 amide bonds. The van der Waals surface area contributed by atoms with Crippen molar-refractivity contribution in [2.45, 2.75) is 61.4 Å². The van der Waals surface area contributed by atoms with Crippen molar-refractivity contribution in [3.63, 3.8) is 0 Å². The molecule has 1 aliphatic heterocycles. The third kappa shape index (κ3) is 8.49. The topological polar surface area (TPSA) is 100 Å². The number of hydrogen-bond donors (Lipinski definition) is 1. The second-order valence-corrected chi connectivity index (χ2v) is 13.1. The van der Waals surface area contributed by atoms with Crippen molar-refractivity contribution >= 4 is 29.6 Å². The lowest BCUT2D eigenvalue weighted by Crippen LogP contribution is -2.64. The van der Waals surface area contributed by atoms with Crippen LogP contribution in [0.5, 0.6) is 0 Å². The summed E-state index contributed by atoms with van der Waals surface area (Å²) in [7, 11) is 1.49. The van der Waals surface area contributed by atoms with Crippen LogP contribution in [0.1, 0.15) is 47.1 Å². The summed E-state index contributed by atoms with van der Waals surface area (Å²) in [5, 5.41) is 2.81. The summed E-state index contributed by atoms with van der Waals surface area (Å²) in [6.07, 6.45) is -2.41. The fraction of sp³-hybridized carbons (Fsp3) is 0.289. The standard InChI is InChI=1S/C38H38FNO7S/c1-24(41)40-21-20-25-18-19-30(23-31(25)28-16-11-17-29(39)22-28)48-37-33(46-36(43)27-14-9-6-10-15-27)32(34(44-4)38(2,3)47-37)45-35(42)26-12-7-5-8-13-26/h5-19,22-23,32-34,37H,20-21H2,1-4H3,(H,40,41)/t32-,33+,34+,37?/m0/s1. The Morgan fingerprint density at radius 1 is 0.833 bits per heavy atom. The smallest absolute Gasteiger partial charge is 0.338 e. The largest absolute Gasteiger partial charge is 0.452 e. The predicted octanol–water partition coefficient (Wildman–Crippen LogP) is 6.86. The number of carbonyl (C=O) groups excluding carboxylic acids is 3. The summed E-state index contributed by atoms with van der Waals surface area (Å²) < 4.78 is 39.1. The van der Waals surface area contributed by atoms with Crippen molar-refractivity contribution in [1.82, 2.24) is 5.32 Å². The van der Waals surface area contributed by atoms with Crippen LogP contribution in [0.4, 0.5) is 4.39 Å². The van der Waals surface area contributed by atoms with Gasteiger partial charge in [-0.3, -0.25) is 4.79 Å². The summed E-state index contributed by atoms with van der Waals surface area (Å²) in [5.74, 6) is -1.72. The molecular weight excluding hydrogens is 633 g/mol. The molecule has 1 aliphatic rings. The highest BCUT2D eigenvalue weighted by Gasteiger charge is 2.54. The van der Waals surface area contributed by atoms with Gasteiger partial charge in [0.15, 0.2) is 12.2 Å². The monoisotopic (exact) mass is 671 g/mol. The maximum Gasteiger partial charge on any atom is 0.338 e. The number of hydrogen-bond acceptors (Lipinski definition) is 8. The number of thioether (sulfide) groups is 1. The summed E-state index contributed by atoms with van der Waals surface area (Å²) in [5.41, 5.74) is 1.19. The molecule has 5 rings (SSSR count). The fourth-order valence-corrected chi connectivity index (χ4v) is 6.97. The number of nitrogens with one attached hydrogen (secondary N) is 1. The first kappa shape index (κ1) is 34.8. The Labute approximate surface area is 283 Å². The number of rotatable bonds is 11. The molecule has 0 bridgehead atoms. The van der Waals surface area contributed by atoms with Gasteiger partial charge in [0.2, 0.25) is 5.91 Å². The van der Waals surface area contributed by atoms with Crippen LogP contribution in [0.3, 0.4) is 0 Å². The lowest BCUT2D eigenvalue weighted by molar-refractivity contribution is -0.240. The van der Waals surface area contributed by atoms with Gasteiger partial charge in [-0.25, -0.2) is 14.0 Å². The van der Waals surface area contributed by atoms with Crippen molar-refractivity contribution in [3.05, 3.63) is 126 Å². The Morgan fingerprint density at radius 2 is 1.46 bits per heavy atom. The molecule has 4 aromatic carbocycles. The Hall–Kier alpha value is -4.51. The van der Waals surface area contributed by atoms with Gasteiger partial charge in [-0.05, 0) is 85.5 Å². The van der Waals surface area contributed by atoms with E-state index in [1.54, 1.807) is 66.7 Å². The minimum atomic E-state index is -1.09. The average Bonchev–Trinajstić information content (AvgIpc) is 3.07. The molecule has 1 unspecified atom stereocenters. The molecule has 0 spiro atoms. The molecule has 0 aromatic heterocycles. The third-order valence-electron chi connectivity index (χ3n) is 7.99. The van der Waals surface area contributed by atoms with Gasteiger partial charge in [0.25, 0.3) is 0 Å². The van der Waals surface area contributed by atoms with E-state index in [1.165, 1.54) is 37.9 Å². The van der Waals surface area contributed by atoms with Gasteiger partial charge in [0, 0.05) is 25.5 Å². The highest BCUT2D eigenvalue weighted by Crippen LogP contribution is 2.43. The summed E-state index contributed by atoms with van der Waals surface area (Å²) in [6.45, 7) is 5.53. The van der Waals surface area contributed by atoms with E-state index >= 15 is 0 Å². The van der Waals surface area contributed by atoms with Crippen LogP contribution in [0.15, 0.2) is 108 Å². The van der Waals surface area contributed by atoms with E-state index in [-0.39, 0.29) is 11.7 Å². The van der Waals surface area contributed by atoms with Crippen LogP contribution < -0.4 is 5.32 Å². The van der Waals surface area contributed by atoms with E-state index in [2.05, 4.69) is 5.32 Å². The van der Waals surface area contributed by atoms with Crippen LogP contribution >= 0.6 is 11.8 Å². The zero-order chi connectivity index (χ0) is 34.3. The SMILES string of the molecule is CO[C@@H]1[C@@H](OC(=O)c2ccccc2)[C@@H](OC(=O)c2ccccc2)C(Sc2ccc(CCNC(C)=O)c(-c3cccc(F)c3)c2)OC1(C)C. The Kier molecular flexibility index (Phi) is 11.3. The molecule has 250 valence electrons. The fourth-order valence-electron chi connectivity index (χ4n) is 5.73. The number of amides is 1. The molecule has 10 heteroatoms. The number of ether oxygens (including phenoxy) is 4. The molecule has 0 radical (unpaired) electrons. The molecule has 1 fully saturated rings. The van der Waals surface area contributed by atoms with E-state index in [1.807, 2.05) is 38.1 Å². The van der Waals surface area contributed by atoms with Gasteiger partial charge in [-0.1, -0.05) is 66.4 Å². The predicted molar refractivity (Wildman–Crippen MR) is 181 cm³/mol. The lowest BCUT2D eigenvalue weighted by atomic mass is 9.90. The van der Waals surface area contributed by atoms with Crippen LogP contribution in [-0.4, -0.2) is 60.8 Å². The van der Waals surface area contributed by atoms with E-state index in [0.29, 0.717) is 29.7 Å². The molecule has 1 N–H and O–H groups in total. The highest BCUT2D eigenvalue weighted by atomic mass is 32.2. The van der Waals surface area contributed by atoms with E-state index in [0.717, 1.165) is 16.0 Å². The lowest BCUT2D eigenvalue weighted by Gasteiger charge is -2.48. The molecule has 1 saturated heterocycles. The van der Waals surface area contributed by atoms with Gasteiger partial charge < -0.3 is 24.3 Å². The molecule has 0 saturated carbocycles. The Morgan fingerprint density at radius 3 is 2.04 bits per heavy atom. The van der Waals surface area contributed by atoms with Crippen molar-refractivity contribution in [3.8, 4) is 11.1 Å². The first-order valence-corrected chi connectivity index (χ1v) is 16.5. The van der Waals surface area contributed by atoms with E-state index in [4.69, 9.17) is 18.9 Å². The van der Waals surface area contributed by atoms with Crippen molar-refractivity contribution in [2.24, 2.45) is 0 Å².